The summed E-state index contributed by atoms with van der Waals surface area (Å²) in [4.78, 5) is 11.0. The first-order valence-corrected chi connectivity index (χ1v) is 5.03. The molecule has 0 saturated carbocycles. The maximum atomic E-state index is 13.5. The van der Waals surface area contributed by atoms with Crippen LogP contribution in [0.1, 0.15) is 16.1 Å². The number of phenols is 1. The average Bonchev–Trinajstić information content (AvgIpc) is 2.79. The molecule has 2 rings (SSSR count). The van der Waals surface area contributed by atoms with Gasteiger partial charge in [-0.2, -0.15) is 28.6 Å². The number of aromatic nitrogens is 3. The average molecular weight is 290 g/mol. The van der Waals surface area contributed by atoms with Crippen molar-refractivity contribution in [3.05, 3.63) is 29.2 Å². The van der Waals surface area contributed by atoms with Crippen LogP contribution in [0, 0.1) is 5.82 Å². The van der Waals surface area contributed by atoms with E-state index in [2.05, 4.69) is 10.2 Å². The molecule has 20 heavy (non-hydrogen) atoms. The lowest BCUT2D eigenvalue weighted by Gasteiger charge is -2.11. The first-order valence-electron chi connectivity index (χ1n) is 5.03. The van der Waals surface area contributed by atoms with Crippen molar-refractivity contribution in [1.29, 1.82) is 0 Å². The summed E-state index contributed by atoms with van der Waals surface area (Å²) in [6.07, 6.45) is -4.96. The third-order valence-corrected chi connectivity index (χ3v) is 2.46. The number of amides is 1. The highest BCUT2D eigenvalue weighted by atomic mass is 19.4. The van der Waals surface area contributed by atoms with Crippen LogP contribution in [-0.4, -0.2) is 26.4 Å². The highest BCUT2D eigenvalue weighted by Gasteiger charge is 2.36. The molecule has 10 heteroatoms. The molecule has 0 saturated heterocycles. The molecule has 1 aromatic carbocycles. The molecule has 0 fully saturated rings. The standard InChI is InChI=1S/C10H6F4N4O2/c11-5-4(10(12,13)14)2-1-3(8(5)19)6-7(9(15)20)17-18-16-6/h1-2,19H,(H2,15,20)(H,16,17,18). The zero-order valence-electron chi connectivity index (χ0n) is 9.49. The van der Waals surface area contributed by atoms with E-state index in [0.29, 0.717) is 6.07 Å². The number of carbonyl (C=O) groups is 1. The Morgan fingerprint density at radius 2 is 1.95 bits per heavy atom. The minimum atomic E-state index is -4.96. The second-order valence-corrected chi connectivity index (χ2v) is 3.71. The lowest BCUT2D eigenvalue weighted by molar-refractivity contribution is -0.140. The number of nitrogens with zero attached hydrogens (tertiary/aromatic N) is 2. The molecular weight excluding hydrogens is 284 g/mol. The number of nitrogens with one attached hydrogen (secondary N) is 1. The van der Waals surface area contributed by atoms with E-state index in [4.69, 9.17) is 5.73 Å². The highest BCUT2D eigenvalue weighted by molar-refractivity contribution is 5.97. The minimum Gasteiger partial charge on any atom is -0.504 e. The molecule has 1 amide bonds. The van der Waals surface area contributed by atoms with Gasteiger partial charge in [0, 0.05) is 5.56 Å². The lowest BCUT2D eigenvalue weighted by Crippen LogP contribution is -2.13. The zero-order chi connectivity index (χ0) is 15.1. The fourth-order valence-electron chi connectivity index (χ4n) is 1.57. The predicted molar refractivity (Wildman–Crippen MR) is 57.0 cm³/mol. The highest BCUT2D eigenvalue weighted by Crippen LogP contribution is 2.39. The van der Waals surface area contributed by atoms with E-state index in [-0.39, 0.29) is 5.69 Å². The molecule has 0 atom stereocenters. The van der Waals surface area contributed by atoms with Crippen molar-refractivity contribution in [2.75, 3.05) is 0 Å². The molecule has 0 spiro atoms. The van der Waals surface area contributed by atoms with Gasteiger partial charge in [0.15, 0.2) is 17.3 Å². The molecule has 6 nitrogen and oxygen atoms in total. The number of carbonyl (C=O) groups excluding carboxylic acids is 1. The largest absolute Gasteiger partial charge is 0.504 e. The van der Waals surface area contributed by atoms with Crippen molar-refractivity contribution in [3.63, 3.8) is 0 Å². The molecular formula is C10H6F4N4O2. The van der Waals surface area contributed by atoms with Crippen LogP contribution in [0.2, 0.25) is 0 Å². The van der Waals surface area contributed by atoms with Crippen molar-refractivity contribution in [2.24, 2.45) is 5.73 Å². The van der Waals surface area contributed by atoms with Crippen LogP contribution in [0.4, 0.5) is 17.6 Å². The Labute approximate surface area is 108 Å². The van der Waals surface area contributed by atoms with Crippen molar-refractivity contribution in [3.8, 4) is 17.0 Å². The molecule has 0 radical (unpaired) electrons. The monoisotopic (exact) mass is 290 g/mol. The Bertz CT molecular complexity index is 680. The minimum absolute atomic E-state index is 0.345. The number of benzene rings is 1. The Morgan fingerprint density at radius 1 is 1.30 bits per heavy atom. The number of nitrogens with two attached hydrogens (primary N) is 1. The van der Waals surface area contributed by atoms with Crippen molar-refractivity contribution in [2.45, 2.75) is 6.18 Å². The topological polar surface area (TPSA) is 105 Å². The number of hydrogen-bond donors (Lipinski definition) is 3. The Hall–Kier alpha value is -2.65. The van der Waals surface area contributed by atoms with Gasteiger partial charge in [0.05, 0.1) is 5.56 Å². The van der Waals surface area contributed by atoms with E-state index in [1.54, 1.807) is 0 Å². The van der Waals surface area contributed by atoms with E-state index in [9.17, 15) is 27.5 Å². The van der Waals surface area contributed by atoms with E-state index < -0.39 is 40.5 Å². The molecule has 4 N–H and O–H groups in total. The van der Waals surface area contributed by atoms with Gasteiger partial charge in [-0.1, -0.05) is 0 Å². The fourth-order valence-corrected chi connectivity index (χ4v) is 1.57. The van der Waals surface area contributed by atoms with Crippen molar-refractivity contribution >= 4 is 5.91 Å². The third-order valence-electron chi connectivity index (χ3n) is 2.46. The number of phenolic OH excluding ortho intramolecular Hbond substituents is 1. The quantitative estimate of drug-likeness (QED) is 0.727. The molecule has 0 unspecified atom stereocenters. The van der Waals surface area contributed by atoms with Crippen LogP contribution in [-0.2, 0) is 6.18 Å². The van der Waals surface area contributed by atoms with E-state index in [1.165, 1.54) is 0 Å². The Morgan fingerprint density at radius 3 is 2.50 bits per heavy atom. The van der Waals surface area contributed by atoms with Crippen LogP contribution >= 0.6 is 0 Å². The number of aromatic hydroxyl groups is 1. The summed E-state index contributed by atoms with van der Waals surface area (Å²) < 4.78 is 50.9. The summed E-state index contributed by atoms with van der Waals surface area (Å²) in [6, 6.07) is 1.19. The van der Waals surface area contributed by atoms with Gasteiger partial charge in [0.1, 0.15) is 5.69 Å². The second kappa shape index (κ2) is 4.47. The summed E-state index contributed by atoms with van der Waals surface area (Å²) in [5.41, 5.74) is 2.12. The number of primary amides is 1. The number of H-pyrrole nitrogens is 1. The molecule has 106 valence electrons. The van der Waals surface area contributed by atoms with Crippen LogP contribution < -0.4 is 5.73 Å². The van der Waals surface area contributed by atoms with Gasteiger partial charge in [0.25, 0.3) is 5.91 Å². The van der Waals surface area contributed by atoms with Gasteiger partial charge in [-0.25, -0.2) is 4.39 Å². The van der Waals surface area contributed by atoms with Crippen LogP contribution in [0.3, 0.4) is 0 Å². The predicted octanol–water partition coefficient (Wildman–Crippen LogP) is 1.43. The third kappa shape index (κ3) is 2.15. The summed E-state index contributed by atoms with van der Waals surface area (Å²) in [6.45, 7) is 0. The molecule has 1 aromatic heterocycles. The number of rotatable bonds is 2. The number of alkyl halides is 3. The van der Waals surface area contributed by atoms with Gasteiger partial charge >= 0.3 is 6.18 Å². The van der Waals surface area contributed by atoms with Gasteiger partial charge in [-0.05, 0) is 12.1 Å². The SMILES string of the molecule is NC(=O)c1n[nH]nc1-c1ccc(C(F)(F)F)c(F)c1O. The Balaban J connectivity index is 2.63. The van der Waals surface area contributed by atoms with Crippen LogP contribution in [0.25, 0.3) is 11.3 Å². The van der Waals surface area contributed by atoms with Gasteiger partial charge in [-0.15, -0.1) is 0 Å². The molecule has 0 aliphatic carbocycles. The van der Waals surface area contributed by atoms with E-state index in [0.717, 1.165) is 6.07 Å². The molecule has 0 aliphatic rings. The fraction of sp³-hybridized carbons (Fsp3) is 0.100. The van der Waals surface area contributed by atoms with Crippen molar-refractivity contribution < 1.29 is 27.5 Å². The van der Waals surface area contributed by atoms with Crippen LogP contribution in [0.5, 0.6) is 5.75 Å². The summed E-state index contributed by atoms with van der Waals surface area (Å²) >= 11 is 0. The summed E-state index contributed by atoms with van der Waals surface area (Å²) in [7, 11) is 0. The lowest BCUT2D eigenvalue weighted by atomic mass is 10.0. The van der Waals surface area contributed by atoms with Gasteiger partial charge < -0.3 is 10.8 Å². The summed E-state index contributed by atoms with van der Waals surface area (Å²) in [5.74, 6) is -4.20. The second-order valence-electron chi connectivity index (χ2n) is 3.71. The van der Waals surface area contributed by atoms with Gasteiger partial charge in [0.2, 0.25) is 0 Å². The molecule has 0 bridgehead atoms. The van der Waals surface area contributed by atoms with E-state index in [1.807, 2.05) is 5.21 Å². The molecule has 0 aliphatic heterocycles. The number of halogens is 4. The first-order chi connectivity index (χ1) is 9.23. The summed E-state index contributed by atoms with van der Waals surface area (Å²) in [5, 5.41) is 18.3. The van der Waals surface area contributed by atoms with Gasteiger partial charge in [-0.3, -0.25) is 4.79 Å². The maximum absolute atomic E-state index is 13.5. The Kier molecular flexibility index (Phi) is 3.08. The molecule has 1 heterocycles. The number of aromatic amines is 1. The van der Waals surface area contributed by atoms with Crippen LogP contribution in [0.15, 0.2) is 12.1 Å². The zero-order valence-corrected chi connectivity index (χ0v) is 9.49. The first kappa shape index (κ1) is 13.8. The van der Waals surface area contributed by atoms with E-state index >= 15 is 0 Å². The maximum Gasteiger partial charge on any atom is 0.419 e. The normalized spacial score (nSPS) is 11.6. The number of hydrogen-bond acceptors (Lipinski definition) is 4. The van der Waals surface area contributed by atoms with Crippen molar-refractivity contribution in [1.82, 2.24) is 15.4 Å². The molecule has 2 aromatic rings. The smallest absolute Gasteiger partial charge is 0.419 e.